The average Bonchev–Trinajstić information content (AvgIpc) is 3.14. The van der Waals surface area contributed by atoms with Gasteiger partial charge in [-0.15, -0.1) is 5.10 Å². The fourth-order valence-corrected chi connectivity index (χ4v) is 4.47. The highest BCUT2D eigenvalue weighted by molar-refractivity contribution is 7.98. The molecule has 0 aliphatic carbocycles. The van der Waals surface area contributed by atoms with Crippen LogP contribution < -0.4 is 5.32 Å². The lowest BCUT2D eigenvalue weighted by Gasteiger charge is -2.28. The fraction of sp³-hybridized carbons (Fsp3) is 0.261. The molecule has 1 N–H and O–H groups in total. The first-order valence-corrected chi connectivity index (χ1v) is 10.9. The Labute approximate surface area is 179 Å². The molecule has 154 valence electrons. The summed E-state index contributed by atoms with van der Waals surface area (Å²) in [4.78, 5) is 17.1. The van der Waals surface area contributed by atoms with Crippen LogP contribution in [0.4, 0.5) is 10.3 Å². The number of carbonyl (C=O) groups excluding carboxylic acids is 1. The van der Waals surface area contributed by atoms with Crippen molar-refractivity contribution in [2.45, 2.75) is 44.1 Å². The van der Waals surface area contributed by atoms with Gasteiger partial charge in [0.15, 0.2) is 5.78 Å². The van der Waals surface area contributed by atoms with Gasteiger partial charge in [-0.05, 0) is 43.0 Å². The zero-order valence-electron chi connectivity index (χ0n) is 17.1. The summed E-state index contributed by atoms with van der Waals surface area (Å²) < 4.78 is 15.7. The minimum Gasteiger partial charge on any atom is -0.328 e. The van der Waals surface area contributed by atoms with E-state index in [1.54, 1.807) is 23.7 Å². The van der Waals surface area contributed by atoms with Crippen molar-refractivity contribution in [2.75, 3.05) is 5.32 Å². The standard InChI is InChI=1S/C23H23FN4OS/c1-4-16-9-11-17(12-10-16)21-20(15(3)29)14(2)25-22-26-23(27-28(21)22)30-13-18-7-5-6-8-19(18)24/h5-12,21H,4,13H2,1-3H3,(H,25,26,27). The molecule has 0 saturated heterocycles. The summed E-state index contributed by atoms with van der Waals surface area (Å²) in [6.07, 6.45) is 0.951. The molecule has 2 heterocycles. The Bertz CT molecular complexity index is 1120. The summed E-state index contributed by atoms with van der Waals surface area (Å²) in [5.74, 6) is 0.763. The van der Waals surface area contributed by atoms with Gasteiger partial charge in [-0.25, -0.2) is 9.07 Å². The van der Waals surface area contributed by atoms with E-state index in [9.17, 15) is 9.18 Å². The van der Waals surface area contributed by atoms with Gasteiger partial charge in [-0.1, -0.05) is 61.2 Å². The molecule has 3 aromatic rings. The number of aromatic nitrogens is 3. The second-order valence-electron chi connectivity index (χ2n) is 7.26. The number of Topliss-reactive ketones (excluding diaryl/α,β-unsaturated/α-hetero) is 1. The van der Waals surface area contributed by atoms with Crippen molar-refractivity contribution in [3.05, 3.63) is 82.3 Å². The summed E-state index contributed by atoms with van der Waals surface area (Å²) >= 11 is 1.37. The van der Waals surface area contributed by atoms with Crippen molar-refractivity contribution < 1.29 is 9.18 Å². The van der Waals surface area contributed by atoms with E-state index in [2.05, 4.69) is 34.5 Å². The Balaban J connectivity index is 1.69. The van der Waals surface area contributed by atoms with Crippen LogP contribution in [0.25, 0.3) is 0 Å². The predicted molar refractivity (Wildman–Crippen MR) is 117 cm³/mol. The molecule has 1 aromatic heterocycles. The molecule has 0 radical (unpaired) electrons. The highest BCUT2D eigenvalue weighted by Gasteiger charge is 2.32. The number of hydrogen-bond acceptors (Lipinski definition) is 5. The number of nitrogens with one attached hydrogen (secondary N) is 1. The van der Waals surface area contributed by atoms with Gasteiger partial charge >= 0.3 is 0 Å². The minimum absolute atomic E-state index is 0.00808. The van der Waals surface area contributed by atoms with Gasteiger partial charge in [0.1, 0.15) is 11.9 Å². The zero-order chi connectivity index (χ0) is 21.3. The number of halogens is 1. The van der Waals surface area contributed by atoms with E-state index >= 15 is 0 Å². The van der Waals surface area contributed by atoms with Gasteiger partial charge in [-0.3, -0.25) is 4.79 Å². The van der Waals surface area contributed by atoms with Crippen LogP contribution in [-0.2, 0) is 17.0 Å². The number of aryl methyl sites for hydroxylation is 1. The molecule has 0 amide bonds. The number of hydrogen-bond donors (Lipinski definition) is 1. The third-order valence-corrected chi connectivity index (χ3v) is 6.12. The lowest BCUT2D eigenvalue weighted by Crippen LogP contribution is -2.27. The maximum atomic E-state index is 13.9. The molecule has 2 aromatic carbocycles. The van der Waals surface area contributed by atoms with Crippen LogP contribution in [0.2, 0.25) is 0 Å². The molecular weight excluding hydrogens is 399 g/mol. The third kappa shape index (κ3) is 3.89. The van der Waals surface area contributed by atoms with E-state index in [1.807, 2.05) is 25.1 Å². The largest absolute Gasteiger partial charge is 0.328 e. The number of allylic oxidation sites excluding steroid dienone is 2. The number of carbonyl (C=O) groups is 1. The molecule has 0 bridgehead atoms. The monoisotopic (exact) mass is 422 g/mol. The molecule has 1 atom stereocenters. The van der Waals surface area contributed by atoms with Crippen molar-refractivity contribution in [3.63, 3.8) is 0 Å². The van der Waals surface area contributed by atoms with Gasteiger partial charge in [0.2, 0.25) is 11.1 Å². The Morgan fingerprint density at radius 3 is 2.60 bits per heavy atom. The van der Waals surface area contributed by atoms with Crippen molar-refractivity contribution in [1.29, 1.82) is 0 Å². The van der Waals surface area contributed by atoms with Gasteiger partial charge in [0.05, 0.1) is 0 Å². The molecule has 5 nitrogen and oxygen atoms in total. The lowest BCUT2D eigenvalue weighted by molar-refractivity contribution is -0.114. The Kier molecular flexibility index (Phi) is 5.72. The van der Waals surface area contributed by atoms with Crippen molar-refractivity contribution in [1.82, 2.24) is 14.8 Å². The number of nitrogens with zero attached hydrogens (tertiary/aromatic N) is 3. The van der Waals surface area contributed by atoms with Gasteiger partial charge in [0, 0.05) is 17.0 Å². The molecule has 1 unspecified atom stereocenters. The number of thioether (sulfide) groups is 1. The van der Waals surface area contributed by atoms with Crippen LogP contribution in [0.1, 0.15) is 43.5 Å². The first kappa shape index (κ1) is 20.3. The van der Waals surface area contributed by atoms with Crippen molar-refractivity contribution in [3.8, 4) is 0 Å². The van der Waals surface area contributed by atoms with E-state index < -0.39 is 0 Å². The Morgan fingerprint density at radius 2 is 1.93 bits per heavy atom. The summed E-state index contributed by atoms with van der Waals surface area (Å²) in [5.41, 5.74) is 4.27. The number of rotatable bonds is 6. The minimum atomic E-state index is -0.347. The second-order valence-corrected chi connectivity index (χ2v) is 8.20. The quantitative estimate of drug-likeness (QED) is 0.557. The van der Waals surface area contributed by atoms with Crippen LogP contribution in [0, 0.1) is 5.82 Å². The molecule has 1 aliphatic heterocycles. The number of fused-ring (bicyclic) bond motifs is 1. The predicted octanol–water partition coefficient (Wildman–Crippen LogP) is 5.15. The number of benzene rings is 2. The molecule has 7 heteroatoms. The molecule has 4 rings (SSSR count). The SMILES string of the molecule is CCc1ccc(C2C(C(C)=O)=C(C)Nc3nc(SCc4ccccc4F)nn32)cc1. The first-order chi connectivity index (χ1) is 14.5. The van der Waals surface area contributed by atoms with E-state index in [0.29, 0.717) is 28.0 Å². The zero-order valence-corrected chi connectivity index (χ0v) is 18.0. The fourth-order valence-electron chi connectivity index (χ4n) is 3.65. The summed E-state index contributed by atoms with van der Waals surface area (Å²) in [6.45, 7) is 5.57. The highest BCUT2D eigenvalue weighted by Crippen LogP contribution is 2.37. The Hall–Kier alpha value is -2.93. The molecule has 0 spiro atoms. The molecule has 0 saturated carbocycles. The van der Waals surface area contributed by atoms with E-state index in [-0.39, 0.29) is 17.6 Å². The first-order valence-electron chi connectivity index (χ1n) is 9.88. The van der Waals surface area contributed by atoms with Gasteiger partial charge < -0.3 is 5.32 Å². The summed E-state index contributed by atoms with van der Waals surface area (Å²) in [7, 11) is 0. The van der Waals surface area contributed by atoms with Crippen molar-refractivity contribution >= 4 is 23.5 Å². The molecule has 1 aliphatic rings. The number of anilines is 1. The molecule has 0 fully saturated rings. The second kappa shape index (κ2) is 8.44. The lowest BCUT2D eigenvalue weighted by atomic mass is 9.92. The highest BCUT2D eigenvalue weighted by atomic mass is 32.2. The topological polar surface area (TPSA) is 59.8 Å². The van der Waals surface area contributed by atoms with E-state index in [4.69, 9.17) is 0 Å². The van der Waals surface area contributed by atoms with Crippen LogP contribution in [-0.4, -0.2) is 20.5 Å². The maximum Gasteiger partial charge on any atom is 0.227 e. The van der Waals surface area contributed by atoms with E-state index in [1.165, 1.54) is 23.4 Å². The Morgan fingerprint density at radius 1 is 1.20 bits per heavy atom. The van der Waals surface area contributed by atoms with Gasteiger partial charge in [0.25, 0.3) is 0 Å². The molecule has 30 heavy (non-hydrogen) atoms. The summed E-state index contributed by atoms with van der Waals surface area (Å²) in [5, 5.41) is 8.40. The van der Waals surface area contributed by atoms with Crippen LogP contribution >= 0.6 is 11.8 Å². The van der Waals surface area contributed by atoms with Gasteiger partial charge in [-0.2, -0.15) is 4.98 Å². The normalized spacial score (nSPS) is 15.7. The average molecular weight is 423 g/mol. The smallest absolute Gasteiger partial charge is 0.227 e. The van der Waals surface area contributed by atoms with E-state index in [0.717, 1.165) is 17.7 Å². The molecular formula is C23H23FN4OS. The number of ketones is 1. The van der Waals surface area contributed by atoms with Crippen molar-refractivity contribution in [2.24, 2.45) is 0 Å². The van der Waals surface area contributed by atoms with Crippen LogP contribution in [0.3, 0.4) is 0 Å². The van der Waals surface area contributed by atoms with Crippen LogP contribution in [0.15, 0.2) is 65.0 Å². The summed E-state index contributed by atoms with van der Waals surface area (Å²) in [6, 6.07) is 14.6. The van der Waals surface area contributed by atoms with Crippen LogP contribution in [0.5, 0.6) is 0 Å². The maximum absolute atomic E-state index is 13.9. The third-order valence-electron chi connectivity index (χ3n) is 5.23.